The van der Waals surface area contributed by atoms with Gasteiger partial charge in [-0.1, -0.05) is 12.1 Å². The van der Waals surface area contributed by atoms with E-state index in [1.54, 1.807) is 11.3 Å². The number of aryl methyl sites for hydroxylation is 1. The summed E-state index contributed by atoms with van der Waals surface area (Å²) in [6.45, 7) is 0.154. The van der Waals surface area contributed by atoms with Crippen LogP contribution in [0.25, 0.3) is 10.2 Å². The summed E-state index contributed by atoms with van der Waals surface area (Å²) in [5, 5.41) is 12.1. The predicted octanol–water partition coefficient (Wildman–Crippen LogP) is 3.12. The number of thiazole rings is 1. The zero-order chi connectivity index (χ0) is 19.4. The third-order valence-corrected chi connectivity index (χ3v) is 6.45. The number of methoxy groups -OCH3 is 1. The normalized spacial score (nSPS) is 11.6. The quantitative estimate of drug-likeness (QED) is 0.349. The number of para-hydroxylation sites is 1. The van der Waals surface area contributed by atoms with Crippen molar-refractivity contribution in [2.75, 3.05) is 13.7 Å². The first kappa shape index (κ1) is 19.2. The van der Waals surface area contributed by atoms with Crippen LogP contribution in [0.4, 0.5) is 5.69 Å². The molecule has 0 saturated carbocycles. The maximum Gasteiger partial charge on any atom is 0.293 e. The average Bonchev–Trinajstić information content (AvgIpc) is 3.07. The Balaban J connectivity index is 1.65. The summed E-state index contributed by atoms with van der Waals surface area (Å²) in [6.07, 6.45) is 1.15. The maximum absolute atomic E-state index is 12.4. The van der Waals surface area contributed by atoms with Crippen LogP contribution < -0.4 is 9.46 Å². The van der Waals surface area contributed by atoms with Crippen LogP contribution in [-0.4, -0.2) is 32.0 Å². The lowest BCUT2D eigenvalue weighted by Gasteiger charge is -2.08. The van der Waals surface area contributed by atoms with Crippen LogP contribution >= 0.6 is 11.3 Å². The van der Waals surface area contributed by atoms with Crippen LogP contribution in [0.15, 0.2) is 47.4 Å². The standard InChI is InChI=1S/C17H17N3O5S2/c1-25-12-8-9-16(14(11-12)20(21)22)27(23,24)18-10-4-7-17-19-13-5-2-3-6-15(13)26-17/h2-3,5-6,8-9,11,18H,4,7,10H2,1H3. The molecule has 1 N–H and O–H groups in total. The number of nitro groups is 1. The van der Waals surface area contributed by atoms with Gasteiger partial charge in [0.2, 0.25) is 10.0 Å². The zero-order valence-corrected chi connectivity index (χ0v) is 16.0. The van der Waals surface area contributed by atoms with Crippen LogP contribution in [0.3, 0.4) is 0 Å². The molecule has 0 aliphatic heterocycles. The minimum Gasteiger partial charge on any atom is -0.497 e. The molecule has 3 rings (SSSR count). The van der Waals surface area contributed by atoms with Crippen molar-refractivity contribution in [3.05, 3.63) is 57.6 Å². The number of nitro benzene ring substituents is 1. The summed E-state index contributed by atoms with van der Waals surface area (Å²) in [5.74, 6) is 0.219. The number of aromatic nitrogens is 1. The molecule has 0 radical (unpaired) electrons. The number of sulfonamides is 1. The largest absolute Gasteiger partial charge is 0.497 e. The summed E-state index contributed by atoms with van der Waals surface area (Å²) in [7, 11) is -2.65. The molecule has 0 amide bonds. The number of rotatable bonds is 8. The first-order valence-electron chi connectivity index (χ1n) is 8.07. The Morgan fingerprint density at radius 2 is 2.04 bits per heavy atom. The molecular weight excluding hydrogens is 390 g/mol. The molecule has 0 spiro atoms. The van der Waals surface area contributed by atoms with Crippen LogP contribution in [0.5, 0.6) is 5.75 Å². The first-order valence-corrected chi connectivity index (χ1v) is 10.4. The molecule has 0 fully saturated rings. The second kappa shape index (κ2) is 7.99. The van der Waals surface area contributed by atoms with Gasteiger partial charge in [0, 0.05) is 13.0 Å². The lowest BCUT2D eigenvalue weighted by atomic mass is 10.3. The fourth-order valence-electron chi connectivity index (χ4n) is 2.54. The summed E-state index contributed by atoms with van der Waals surface area (Å²) < 4.78 is 33.3. The Hall–Kier alpha value is -2.56. The Morgan fingerprint density at radius 1 is 1.26 bits per heavy atom. The van der Waals surface area contributed by atoms with Gasteiger partial charge in [0.15, 0.2) is 4.90 Å². The number of nitrogens with one attached hydrogen (secondary N) is 1. The van der Waals surface area contributed by atoms with Gasteiger partial charge in [-0.3, -0.25) is 10.1 Å². The van der Waals surface area contributed by atoms with E-state index in [0.29, 0.717) is 12.8 Å². The number of hydrogen-bond acceptors (Lipinski definition) is 7. The number of nitrogens with zero attached hydrogens (tertiary/aromatic N) is 2. The molecule has 2 aromatic carbocycles. The second-order valence-electron chi connectivity index (χ2n) is 5.67. The van der Waals surface area contributed by atoms with E-state index in [-0.39, 0.29) is 17.2 Å². The molecule has 10 heteroatoms. The monoisotopic (exact) mass is 407 g/mol. The molecule has 3 aromatic rings. The summed E-state index contributed by atoms with van der Waals surface area (Å²) in [5.41, 5.74) is 0.403. The van der Waals surface area contributed by atoms with Crippen LogP contribution in [0, 0.1) is 10.1 Å². The highest BCUT2D eigenvalue weighted by Gasteiger charge is 2.26. The van der Waals surface area contributed by atoms with Crippen molar-refractivity contribution in [2.24, 2.45) is 0 Å². The number of benzene rings is 2. The zero-order valence-electron chi connectivity index (χ0n) is 14.4. The van der Waals surface area contributed by atoms with Crippen molar-refractivity contribution in [3.8, 4) is 5.75 Å². The van der Waals surface area contributed by atoms with Crippen molar-refractivity contribution >= 4 is 37.3 Å². The van der Waals surface area contributed by atoms with Gasteiger partial charge in [-0.15, -0.1) is 11.3 Å². The molecule has 0 bridgehead atoms. The average molecular weight is 407 g/mol. The molecule has 1 aromatic heterocycles. The van der Waals surface area contributed by atoms with Gasteiger partial charge in [-0.05, 0) is 30.7 Å². The van der Waals surface area contributed by atoms with Gasteiger partial charge in [-0.25, -0.2) is 18.1 Å². The lowest BCUT2D eigenvalue weighted by Crippen LogP contribution is -2.25. The maximum atomic E-state index is 12.4. The fraction of sp³-hybridized carbons (Fsp3) is 0.235. The van der Waals surface area contributed by atoms with Gasteiger partial charge in [0.1, 0.15) is 5.75 Å². The molecule has 0 atom stereocenters. The van der Waals surface area contributed by atoms with Gasteiger partial charge in [0.05, 0.1) is 33.3 Å². The van der Waals surface area contributed by atoms with E-state index in [9.17, 15) is 18.5 Å². The van der Waals surface area contributed by atoms with Crippen LogP contribution in [0.2, 0.25) is 0 Å². The minimum absolute atomic E-state index is 0.154. The summed E-state index contributed by atoms with van der Waals surface area (Å²) in [6, 6.07) is 11.4. The molecular formula is C17H17N3O5S2. The fourth-order valence-corrected chi connectivity index (χ4v) is 4.78. The predicted molar refractivity (Wildman–Crippen MR) is 103 cm³/mol. The second-order valence-corrected chi connectivity index (χ2v) is 8.52. The summed E-state index contributed by atoms with van der Waals surface area (Å²) in [4.78, 5) is 14.6. The third-order valence-electron chi connectivity index (χ3n) is 3.85. The minimum atomic E-state index is -4.00. The lowest BCUT2D eigenvalue weighted by molar-refractivity contribution is -0.387. The third kappa shape index (κ3) is 4.41. The van der Waals surface area contributed by atoms with Crippen LogP contribution in [-0.2, 0) is 16.4 Å². The van der Waals surface area contributed by atoms with Crippen molar-refractivity contribution < 1.29 is 18.1 Å². The first-order chi connectivity index (χ1) is 12.9. The van der Waals surface area contributed by atoms with Crippen molar-refractivity contribution in [2.45, 2.75) is 17.7 Å². The summed E-state index contributed by atoms with van der Waals surface area (Å²) >= 11 is 1.57. The molecule has 0 saturated heterocycles. The van der Waals surface area contributed by atoms with Gasteiger partial charge < -0.3 is 4.74 Å². The molecule has 142 valence electrons. The van der Waals surface area contributed by atoms with E-state index in [2.05, 4.69) is 9.71 Å². The SMILES string of the molecule is COc1ccc(S(=O)(=O)NCCCc2nc3ccccc3s2)c([N+](=O)[O-])c1. The van der Waals surface area contributed by atoms with Gasteiger partial charge in [-0.2, -0.15) is 0 Å². The highest BCUT2D eigenvalue weighted by Crippen LogP contribution is 2.28. The Morgan fingerprint density at radius 3 is 2.74 bits per heavy atom. The molecule has 0 unspecified atom stereocenters. The molecule has 27 heavy (non-hydrogen) atoms. The van der Waals surface area contributed by atoms with E-state index >= 15 is 0 Å². The Labute approximate surface area is 160 Å². The van der Waals surface area contributed by atoms with E-state index in [4.69, 9.17) is 4.74 Å². The number of ether oxygens (including phenoxy) is 1. The van der Waals surface area contributed by atoms with Gasteiger partial charge >= 0.3 is 0 Å². The molecule has 1 heterocycles. The van der Waals surface area contributed by atoms with E-state index < -0.39 is 20.6 Å². The highest BCUT2D eigenvalue weighted by molar-refractivity contribution is 7.89. The topological polar surface area (TPSA) is 111 Å². The van der Waals surface area contributed by atoms with Crippen molar-refractivity contribution in [3.63, 3.8) is 0 Å². The molecule has 0 aliphatic carbocycles. The molecule has 8 nitrogen and oxygen atoms in total. The van der Waals surface area contributed by atoms with E-state index in [1.165, 1.54) is 19.2 Å². The van der Waals surface area contributed by atoms with Crippen LogP contribution in [0.1, 0.15) is 11.4 Å². The Kier molecular flexibility index (Phi) is 5.68. The smallest absolute Gasteiger partial charge is 0.293 e. The van der Waals surface area contributed by atoms with Crippen molar-refractivity contribution in [1.82, 2.24) is 9.71 Å². The number of fused-ring (bicyclic) bond motifs is 1. The van der Waals surface area contributed by atoms with Gasteiger partial charge in [0.25, 0.3) is 5.69 Å². The number of hydrogen-bond donors (Lipinski definition) is 1. The van der Waals surface area contributed by atoms with Crippen molar-refractivity contribution in [1.29, 1.82) is 0 Å². The Bertz CT molecular complexity index is 1050. The molecule has 0 aliphatic rings. The van der Waals surface area contributed by atoms with E-state index in [1.807, 2.05) is 24.3 Å². The van der Waals surface area contributed by atoms with E-state index in [0.717, 1.165) is 21.3 Å². The highest BCUT2D eigenvalue weighted by atomic mass is 32.2.